The highest BCUT2D eigenvalue weighted by molar-refractivity contribution is 7.85. The SMILES string of the molecule is O=P(c1ccccc1)(c1ccccc1)c1ccc(C2(c3ccc(P(=O)(c4ccccc4)c4ccccc4)cc3)c3ccccc3-n3c4ccccc4c4cccc2c43)cc1. The second-order valence-electron chi connectivity index (χ2n) is 15.5. The van der Waals surface area contributed by atoms with Crippen LogP contribution in [0.3, 0.4) is 0 Å². The zero-order chi connectivity index (χ0) is 40.3. The maximum absolute atomic E-state index is 15.6. The molecule has 0 N–H and O–H groups in total. The lowest BCUT2D eigenvalue weighted by molar-refractivity contribution is 0.591. The van der Waals surface area contributed by atoms with Gasteiger partial charge in [0.05, 0.1) is 22.1 Å². The van der Waals surface area contributed by atoms with Gasteiger partial charge in [-0.3, -0.25) is 0 Å². The normalized spacial score (nSPS) is 13.3. The standard InChI is InChI=1S/C55H39NO2P2/c57-59(42-18-5-1-6-19-42,43-20-7-2-8-21-43)46-36-32-40(33-37-46)55(41-34-38-47(39-35-41)60(58,44-22-9-3-10-23-44)45-24-11-4-12-25-45)50-28-14-16-31-53(50)56-52-30-15-13-26-48(52)49-27-17-29-51(55)54(49)56/h1-39H. The van der Waals surface area contributed by atoms with Gasteiger partial charge in [-0.1, -0.05) is 224 Å². The molecule has 0 fully saturated rings. The topological polar surface area (TPSA) is 39.1 Å². The van der Waals surface area contributed by atoms with Gasteiger partial charge in [0.15, 0.2) is 14.3 Å². The van der Waals surface area contributed by atoms with Crippen LogP contribution in [0.5, 0.6) is 0 Å². The van der Waals surface area contributed by atoms with E-state index in [1.807, 2.05) is 121 Å². The van der Waals surface area contributed by atoms with Crippen molar-refractivity contribution in [3.05, 3.63) is 259 Å². The molecule has 60 heavy (non-hydrogen) atoms. The first-order valence-corrected chi connectivity index (χ1v) is 23.7. The third kappa shape index (κ3) is 5.23. The number of para-hydroxylation sites is 3. The molecular formula is C55H39NO2P2. The van der Waals surface area contributed by atoms with Crippen molar-refractivity contribution in [2.75, 3.05) is 0 Å². The second kappa shape index (κ2) is 14.2. The Balaban J connectivity index is 1.19. The van der Waals surface area contributed by atoms with E-state index in [1.54, 1.807) is 0 Å². The van der Waals surface area contributed by atoms with Gasteiger partial charge in [-0.2, -0.15) is 0 Å². The number of rotatable bonds is 8. The first-order chi connectivity index (χ1) is 29.5. The van der Waals surface area contributed by atoms with Crippen molar-refractivity contribution < 1.29 is 9.13 Å². The minimum absolute atomic E-state index is 0.775. The molecule has 0 unspecified atom stereocenters. The van der Waals surface area contributed by atoms with Crippen LogP contribution >= 0.6 is 14.3 Å². The summed E-state index contributed by atoms with van der Waals surface area (Å²) in [4.78, 5) is 0. The van der Waals surface area contributed by atoms with E-state index in [1.165, 1.54) is 10.8 Å². The minimum Gasteiger partial charge on any atom is -0.309 e. The lowest BCUT2D eigenvalue weighted by Gasteiger charge is -2.42. The number of fused-ring (bicyclic) bond motifs is 5. The van der Waals surface area contributed by atoms with E-state index in [0.29, 0.717) is 0 Å². The Bertz CT molecular complexity index is 3060. The molecule has 0 radical (unpaired) electrons. The molecule has 286 valence electrons. The number of benzene rings is 9. The summed E-state index contributed by atoms with van der Waals surface area (Å²) in [7, 11) is -6.47. The fraction of sp³-hybridized carbons (Fsp3) is 0.0182. The van der Waals surface area contributed by atoms with E-state index in [0.717, 1.165) is 70.8 Å². The quantitative estimate of drug-likeness (QED) is 0.144. The first-order valence-electron chi connectivity index (χ1n) is 20.3. The summed E-state index contributed by atoms with van der Waals surface area (Å²) in [6, 6.07) is 80.5. The van der Waals surface area contributed by atoms with E-state index in [2.05, 4.69) is 120 Å². The summed E-state index contributed by atoms with van der Waals surface area (Å²) in [5.41, 5.74) is 7.01. The van der Waals surface area contributed by atoms with Crippen molar-refractivity contribution in [3.63, 3.8) is 0 Å². The van der Waals surface area contributed by atoms with Crippen LogP contribution < -0.4 is 31.8 Å². The second-order valence-corrected chi connectivity index (χ2v) is 21.0. The fourth-order valence-corrected chi connectivity index (χ4v) is 15.1. The van der Waals surface area contributed by atoms with Gasteiger partial charge in [0, 0.05) is 42.6 Å². The molecule has 9 aromatic carbocycles. The zero-order valence-electron chi connectivity index (χ0n) is 32.7. The van der Waals surface area contributed by atoms with E-state index in [-0.39, 0.29) is 0 Å². The van der Waals surface area contributed by atoms with Gasteiger partial charge in [-0.15, -0.1) is 0 Å². The molecule has 1 aliphatic rings. The van der Waals surface area contributed by atoms with E-state index < -0.39 is 19.7 Å². The van der Waals surface area contributed by atoms with Gasteiger partial charge < -0.3 is 13.7 Å². The van der Waals surface area contributed by atoms with Crippen LogP contribution in [-0.2, 0) is 14.5 Å². The lowest BCUT2D eigenvalue weighted by Crippen LogP contribution is -2.36. The van der Waals surface area contributed by atoms with Crippen LogP contribution in [0.1, 0.15) is 22.3 Å². The Morgan fingerprint density at radius 2 is 0.683 bits per heavy atom. The molecule has 0 spiro atoms. The summed E-state index contributed by atoms with van der Waals surface area (Å²) >= 11 is 0. The number of aromatic nitrogens is 1. The average Bonchev–Trinajstić information content (AvgIpc) is 3.68. The molecule has 11 rings (SSSR count). The highest BCUT2D eigenvalue weighted by Crippen LogP contribution is 2.55. The molecule has 1 aliphatic heterocycles. The van der Waals surface area contributed by atoms with Crippen LogP contribution in [0, 0.1) is 0 Å². The molecule has 0 bridgehead atoms. The predicted octanol–water partition coefficient (Wildman–Crippen LogP) is 10.8. The Kier molecular flexibility index (Phi) is 8.61. The Morgan fingerprint density at radius 3 is 1.17 bits per heavy atom. The third-order valence-corrected chi connectivity index (χ3v) is 18.6. The Morgan fingerprint density at radius 1 is 0.317 bits per heavy atom. The van der Waals surface area contributed by atoms with Crippen LogP contribution in [0.15, 0.2) is 237 Å². The molecule has 0 atom stereocenters. The van der Waals surface area contributed by atoms with Gasteiger partial charge >= 0.3 is 0 Å². The maximum Gasteiger partial charge on any atom is 0.171 e. The third-order valence-electron chi connectivity index (χ3n) is 12.5. The van der Waals surface area contributed by atoms with Crippen molar-refractivity contribution >= 4 is 67.9 Å². The largest absolute Gasteiger partial charge is 0.309 e. The van der Waals surface area contributed by atoms with Gasteiger partial charge in [0.1, 0.15) is 0 Å². The summed E-state index contributed by atoms with van der Waals surface area (Å²) < 4.78 is 33.6. The van der Waals surface area contributed by atoms with Crippen molar-refractivity contribution in [1.29, 1.82) is 0 Å². The molecule has 5 heteroatoms. The van der Waals surface area contributed by atoms with E-state index >= 15 is 9.13 Å². The number of nitrogens with zero attached hydrogens (tertiary/aromatic N) is 1. The molecule has 2 heterocycles. The minimum atomic E-state index is -3.23. The van der Waals surface area contributed by atoms with Gasteiger partial charge in [0.25, 0.3) is 0 Å². The van der Waals surface area contributed by atoms with Crippen molar-refractivity contribution in [2.24, 2.45) is 0 Å². The number of hydrogen-bond donors (Lipinski definition) is 0. The smallest absolute Gasteiger partial charge is 0.171 e. The Hall–Kier alpha value is -6.76. The van der Waals surface area contributed by atoms with Gasteiger partial charge in [0.2, 0.25) is 0 Å². The van der Waals surface area contributed by atoms with Crippen molar-refractivity contribution in [3.8, 4) is 5.69 Å². The number of hydrogen-bond acceptors (Lipinski definition) is 2. The van der Waals surface area contributed by atoms with Gasteiger partial charge in [-0.25, -0.2) is 0 Å². The van der Waals surface area contributed by atoms with Crippen molar-refractivity contribution in [2.45, 2.75) is 5.41 Å². The molecule has 1 aromatic heterocycles. The van der Waals surface area contributed by atoms with Crippen LogP contribution in [-0.4, -0.2) is 4.57 Å². The monoisotopic (exact) mass is 807 g/mol. The predicted molar refractivity (Wildman–Crippen MR) is 251 cm³/mol. The van der Waals surface area contributed by atoms with Crippen LogP contribution in [0.4, 0.5) is 0 Å². The molecule has 0 saturated heterocycles. The lowest BCUT2D eigenvalue weighted by atomic mass is 9.63. The summed E-state index contributed by atoms with van der Waals surface area (Å²) in [6.07, 6.45) is 0. The molecular weight excluding hydrogens is 769 g/mol. The van der Waals surface area contributed by atoms with Crippen LogP contribution in [0.25, 0.3) is 27.5 Å². The summed E-state index contributed by atoms with van der Waals surface area (Å²) in [5.74, 6) is 0. The Labute approximate surface area is 350 Å². The van der Waals surface area contributed by atoms with E-state index in [4.69, 9.17) is 0 Å². The van der Waals surface area contributed by atoms with Crippen molar-refractivity contribution in [1.82, 2.24) is 4.57 Å². The molecule has 0 amide bonds. The molecule has 0 aliphatic carbocycles. The molecule has 0 saturated carbocycles. The maximum atomic E-state index is 15.6. The highest BCUT2D eigenvalue weighted by Gasteiger charge is 2.46. The first kappa shape index (κ1) is 36.3. The average molecular weight is 808 g/mol. The van der Waals surface area contributed by atoms with Crippen LogP contribution in [0.2, 0.25) is 0 Å². The van der Waals surface area contributed by atoms with E-state index in [9.17, 15) is 0 Å². The van der Waals surface area contributed by atoms with Gasteiger partial charge in [-0.05, 0) is 34.4 Å². The summed E-state index contributed by atoms with van der Waals surface area (Å²) in [5, 5.41) is 7.13. The fourth-order valence-electron chi connectivity index (χ4n) is 9.78. The highest BCUT2D eigenvalue weighted by atomic mass is 31.2. The molecule has 3 nitrogen and oxygen atoms in total. The zero-order valence-corrected chi connectivity index (χ0v) is 34.5. The summed E-state index contributed by atoms with van der Waals surface area (Å²) in [6.45, 7) is 0. The molecule has 10 aromatic rings.